The van der Waals surface area contributed by atoms with Gasteiger partial charge in [0.05, 0.1) is 6.54 Å². The second-order valence-electron chi connectivity index (χ2n) is 7.05. The zero-order chi connectivity index (χ0) is 15.9. The summed E-state index contributed by atoms with van der Waals surface area (Å²) in [5.41, 5.74) is 11.1. The SMILES string of the molecule is NC[C@H]1CCC[C@H]1C(=O)N(CCC1CCCCC1)CC(N)=O. The number of primary amides is 1. The fourth-order valence-electron chi connectivity index (χ4n) is 4.15. The second kappa shape index (κ2) is 8.51. The lowest BCUT2D eigenvalue weighted by Crippen LogP contribution is -2.44. The Bertz CT molecular complexity index is 380. The van der Waals surface area contributed by atoms with Gasteiger partial charge in [0.25, 0.3) is 0 Å². The van der Waals surface area contributed by atoms with Gasteiger partial charge in [-0.2, -0.15) is 0 Å². The first-order valence-electron chi connectivity index (χ1n) is 8.89. The van der Waals surface area contributed by atoms with Crippen molar-refractivity contribution in [2.75, 3.05) is 19.6 Å². The molecule has 0 heterocycles. The zero-order valence-electron chi connectivity index (χ0n) is 13.6. The minimum Gasteiger partial charge on any atom is -0.368 e. The lowest BCUT2D eigenvalue weighted by Gasteiger charge is -2.29. The Labute approximate surface area is 133 Å². The molecule has 2 fully saturated rings. The highest BCUT2D eigenvalue weighted by atomic mass is 16.2. The standard InChI is InChI=1S/C17H31N3O2/c18-11-14-7-4-8-15(14)17(22)20(12-16(19)21)10-9-13-5-2-1-3-6-13/h13-15H,1-12,18H2,(H2,19,21)/t14-,15-/m1/s1. The number of rotatable bonds is 7. The predicted molar refractivity (Wildman–Crippen MR) is 86.9 cm³/mol. The minimum atomic E-state index is -0.417. The van der Waals surface area contributed by atoms with Gasteiger partial charge in [-0.05, 0) is 37.6 Å². The monoisotopic (exact) mass is 309 g/mol. The molecule has 4 N–H and O–H groups in total. The van der Waals surface area contributed by atoms with Crippen molar-refractivity contribution < 1.29 is 9.59 Å². The lowest BCUT2D eigenvalue weighted by molar-refractivity contribution is -0.140. The van der Waals surface area contributed by atoms with E-state index < -0.39 is 5.91 Å². The number of hydrogen-bond donors (Lipinski definition) is 2. The highest BCUT2D eigenvalue weighted by Crippen LogP contribution is 2.33. The molecule has 0 aromatic rings. The van der Waals surface area contributed by atoms with Crippen molar-refractivity contribution in [2.24, 2.45) is 29.2 Å². The van der Waals surface area contributed by atoms with E-state index in [0.717, 1.165) is 25.7 Å². The summed E-state index contributed by atoms with van der Waals surface area (Å²) in [4.78, 5) is 25.8. The summed E-state index contributed by atoms with van der Waals surface area (Å²) < 4.78 is 0. The van der Waals surface area contributed by atoms with Gasteiger partial charge < -0.3 is 16.4 Å². The van der Waals surface area contributed by atoms with Gasteiger partial charge in [0.15, 0.2) is 0 Å². The molecule has 5 heteroatoms. The maximum atomic E-state index is 12.8. The maximum Gasteiger partial charge on any atom is 0.237 e. The molecule has 0 radical (unpaired) electrons. The Kier molecular flexibility index (Phi) is 6.68. The van der Waals surface area contributed by atoms with E-state index in [2.05, 4.69) is 0 Å². The fourth-order valence-corrected chi connectivity index (χ4v) is 4.15. The van der Waals surface area contributed by atoms with Crippen LogP contribution in [0.25, 0.3) is 0 Å². The smallest absolute Gasteiger partial charge is 0.237 e. The molecule has 0 bridgehead atoms. The van der Waals surface area contributed by atoms with E-state index in [9.17, 15) is 9.59 Å². The molecule has 2 saturated carbocycles. The Morgan fingerprint density at radius 2 is 1.73 bits per heavy atom. The number of carbonyl (C=O) groups is 2. The third-order valence-electron chi connectivity index (χ3n) is 5.47. The van der Waals surface area contributed by atoms with E-state index in [0.29, 0.717) is 19.0 Å². The van der Waals surface area contributed by atoms with Crippen LogP contribution in [0, 0.1) is 17.8 Å². The third kappa shape index (κ3) is 4.70. The number of carbonyl (C=O) groups excluding carboxylic acids is 2. The molecule has 2 aliphatic carbocycles. The topological polar surface area (TPSA) is 89.4 Å². The molecule has 126 valence electrons. The van der Waals surface area contributed by atoms with Gasteiger partial charge >= 0.3 is 0 Å². The molecule has 0 aliphatic heterocycles. The molecule has 22 heavy (non-hydrogen) atoms. The van der Waals surface area contributed by atoms with Gasteiger partial charge in [-0.3, -0.25) is 9.59 Å². The van der Waals surface area contributed by atoms with Crippen LogP contribution in [0.1, 0.15) is 57.8 Å². The van der Waals surface area contributed by atoms with Gasteiger partial charge in [-0.15, -0.1) is 0 Å². The summed E-state index contributed by atoms with van der Waals surface area (Å²) in [6, 6.07) is 0. The summed E-state index contributed by atoms with van der Waals surface area (Å²) in [5.74, 6) is 0.654. The summed E-state index contributed by atoms with van der Waals surface area (Å²) >= 11 is 0. The molecule has 2 atom stereocenters. The van der Waals surface area contributed by atoms with Gasteiger partial charge in [0.1, 0.15) is 0 Å². The minimum absolute atomic E-state index is 0.00398. The van der Waals surface area contributed by atoms with E-state index in [-0.39, 0.29) is 24.3 Å². The van der Waals surface area contributed by atoms with E-state index in [1.54, 1.807) is 4.90 Å². The molecule has 0 aromatic carbocycles. The van der Waals surface area contributed by atoms with Crippen molar-refractivity contribution in [1.82, 2.24) is 4.90 Å². The van der Waals surface area contributed by atoms with Crippen LogP contribution < -0.4 is 11.5 Å². The van der Waals surface area contributed by atoms with E-state index in [4.69, 9.17) is 11.5 Å². The largest absolute Gasteiger partial charge is 0.368 e. The number of hydrogen-bond acceptors (Lipinski definition) is 3. The molecular formula is C17H31N3O2. The van der Waals surface area contributed by atoms with Crippen LogP contribution in [0.5, 0.6) is 0 Å². The van der Waals surface area contributed by atoms with Crippen LogP contribution in [0.4, 0.5) is 0 Å². The van der Waals surface area contributed by atoms with Crippen LogP contribution in [-0.4, -0.2) is 36.3 Å². The summed E-state index contributed by atoms with van der Waals surface area (Å²) in [7, 11) is 0. The lowest BCUT2D eigenvalue weighted by atomic mass is 9.86. The Morgan fingerprint density at radius 3 is 2.36 bits per heavy atom. The van der Waals surface area contributed by atoms with E-state index >= 15 is 0 Å². The highest BCUT2D eigenvalue weighted by molar-refractivity contribution is 5.85. The average Bonchev–Trinajstić information content (AvgIpc) is 3.00. The van der Waals surface area contributed by atoms with Gasteiger partial charge in [0, 0.05) is 12.5 Å². The van der Waals surface area contributed by atoms with Crippen molar-refractivity contribution in [2.45, 2.75) is 57.8 Å². The molecule has 0 unspecified atom stereocenters. The molecule has 2 rings (SSSR count). The molecular weight excluding hydrogens is 278 g/mol. The quantitative estimate of drug-likeness (QED) is 0.749. The van der Waals surface area contributed by atoms with Crippen molar-refractivity contribution >= 4 is 11.8 Å². The number of nitrogens with two attached hydrogens (primary N) is 2. The Hall–Kier alpha value is -1.10. The summed E-state index contributed by atoms with van der Waals surface area (Å²) in [6.07, 6.45) is 10.4. The van der Waals surface area contributed by atoms with E-state index in [1.165, 1.54) is 32.1 Å². The Balaban J connectivity index is 1.92. The molecule has 2 amide bonds. The maximum absolute atomic E-state index is 12.8. The molecule has 2 aliphatic rings. The van der Waals surface area contributed by atoms with Crippen molar-refractivity contribution in [3.05, 3.63) is 0 Å². The van der Waals surface area contributed by atoms with Gasteiger partial charge in [-0.1, -0.05) is 38.5 Å². The first-order valence-corrected chi connectivity index (χ1v) is 8.89. The zero-order valence-corrected chi connectivity index (χ0v) is 13.6. The van der Waals surface area contributed by atoms with Crippen molar-refractivity contribution in [1.29, 1.82) is 0 Å². The number of nitrogens with zero attached hydrogens (tertiary/aromatic N) is 1. The Morgan fingerprint density at radius 1 is 1.00 bits per heavy atom. The summed E-state index contributed by atoms with van der Waals surface area (Å²) in [5, 5.41) is 0. The van der Waals surface area contributed by atoms with Crippen LogP contribution >= 0.6 is 0 Å². The summed E-state index contributed by atoms with van der Waals surface area (Å²) in [6.45, 7) is 1.28. The first-order chi connectivity index (χ1) is 10.6. The predicted octanol–water partition coefficient (Wildman–Crippen LogP) is 1.65. The molecule has 0 saturated heterocycles. The molecule has 5 nitrogen and oxygen atoms in total. The fraction of sp³-hybridized carbons (Fsp3) is 0.882. The van der Waals surface area contributed by atoms with Gasteiger partial charge in [0.2, 0.25) is 11.8 Å². The average molecular weight is 309 g/mol. The van der Waals surface area contributed by atoms with Crippen molar-refractivity contribution in [3.63, 3.8) is 0 Å². The van der Waals surface area contributed by atoms with Crippen LogP contribution in [0.15, 0.2) is 0 Å². The highest BCUT2D eigenvalue weighted by Gasteiger charge is 2.35. The normalized spacial score (nSPS) is 26.0. The molecule has 0 spiro atoms. The number of amides is 2. The van der Waals surface area contributed by atoms with Gasteiger partial charge in [-0.25, -0.2) is 0 Å². The van der Waals surface area contributed by atoms with E-state index in [1.807, 2.05) is 0 Å². The van der Waals surface area contributed by atoms with Crippen LogP contribution in [0.2, 0.25) is 0 Å². The van der Waals surface area contributed by atoms with Crippen LogP contribution in [0.3, 0.4) is 0 Å². The van der Waals surface area contributed by atoms with Crippen LogP contribution in [-0.2, 0) is 9.59 Å². The van der Waals surface area contributed by atoms with Crippen molar-refractivity contribution in [3.8, 4) is 0 Å². The third-order valence-corrected chi connectivity index (χ3v) is 5.47. The second-order valence-corrected chi connectivity index (χ2v) is 7.05. The molecule has 0 aromatic heterocycles. The first kappa shape index (κ1) is 17.3.